The predicted molar refractivity (Wildman–Crippen MR) is 59.3 cm³/mol. The normalized spacial score (nSPS) is 12.4. The van der Waals surface area contributed by atoms with E-state index in [-0.39, 0.29) is 5.56 Å². The average molecular weight is 235 g/mol. The molecule has 2 aromatic rings. The van der Waals surface area contributed by atoms with E-state index in [0.717, 1.165) is 0 Å². The molecule has 0 saturated heterocycles. The number of hydrogen-bond donors (Lipinski definition) is 1. The minimum atomic E-state index is -0.626. The molecule has 88 valence electrons. The van der Waals surface area contributed by atoms with Crippen LogP contribution < -0.4 is 5.32 Å². The number of nitrogens with one attached hydrogen (secondary N) is 1. The lowest BCUT2D eigenvalue weighted by molar-refractivity contribution is 0.517. The molecule has 1 heterocycles. The van der Waals surface area contributed by atoms with Gasteiger partial charge in [-0.05, 0) is 25.2 Å². The van der Waals surface area contributed by atoms with Crippen LogP contribution in [0.3, 0.4) is 0 Å². The molecule has 0 aliphatic rings. The molecule has 2 rings (SSSR count). The van der Waals surface area contributed by atoms with Crippen LogP contribution in [0, 0.1) is 11.6 Å². The van der Waals surface area contributed by atoms with Crippen molar-refractivity contribution >= 4 is 0 Å². The summed E-state index contributed by atoms with van der Waals surface area (Å²) in [6, 6.07) is 4.78. The van der Waals surface area contributed by atoms with E-state index >= 15 is 0 Å². The maximum atomic E-state index is 13.6. The van der Waals surface area contributed by atoms with Crippen LogP contribution in [0.2, 0.25) is 0 Å². The van der Waals surface area contributed by atoms with Gasteiger partial charge >= 0.3 is 0 Å². The molecule has 0 radical (unpaired) electrons. The van der Waals surface area contributed by atoms with Crippen LogP contribution in [0.5, 0.6) is 0 Å². The van der Waals surface area contributed by atoms with E-state index in [9.17, 15) is 8.78 Å². The van der Waals surface area contributed by atoms with Crippen LogP contribution in [-0.4, -0.2) is 17.0 Å². The van der Waals surface area contributed by atoms with E-state index in [1.807, 2.05) is 0 Å². The molecule has 1 aromatic carbocycles. The van der Waals surface area contributed by atoms with Gasteiger partial charge in [0.15, 0.2) is 0 Å². The van der Waals surface area contributed by atoms with Gasteiger partial charge in [-0.15, -0.1) is 0 Å². The van der Waals surface area contributed by atoms with Gasteiger partial charge in [0.2, 0.25) is 0 Å². The predicted octanol–water partition coefficient (Wildman–Crippen LogP) is 2.06. The molecule has 0 spiro atoms. The first-order valence-electron chi connectivity index (χ1n) is 5.11. The number of rotatable bonds is 3. The molecule has 0 fully saturated rings. The number of nitrogens with zero attached hydrogens (tertiary/aromatic N) is 2. The Hall–Kier alpha value is -1.88. The van der Waals surface area contributed by atoms with Crippen molar-refractivity contribution in [1.29, 1.82) is 0 Å². The Bertz CT molecular complexity index is 482. The van der Waals surface area contributed by atoms with Gasteiger partial charge in [-0.1, -0.05) is 6.07 Å². The van der Waals surface area contributed by atoms with E-state index in [0.29, 0.717) is 5.69 Å². The second kappa shape index (κ2) is 4.97. The zero-order valence-electron chi connectivity index (χ0n) is 9.19. The van der Waals surface area contributed by atoms with E-state index in [4.69, 9.17) is 0 Å². The lowest BCUT2D eigenvalue weighted by atomic mass is 10.0. The fourth-order valence-electron chi connectivity index (χ4n) is 1.70. The molecule has 1 aromatic heterocycles. The van der Waals surface area contributed by atoms with Gasteiger partial charge in [-0.3, -0.25) is 0 Å². The molecule has 1 N–H and O–H groups in total. The van der Waals surface area contributed by atoms with Gasteiger partial charge in [0, 0.05) is 11.8 Å². The zero-order valence-corrected chi connectivity index (χ0v) is 9.19. The molecule has 17 heavy (non-hydrogen) atoms. The number of halogens is 2. The first-order valence-corrected chi connectivity index (χ1v) is 5.11. The van der Waals surface area contributed by atoms with Gasteiger partial charge in [0.05, 0.1) is 11.7 Å². The lowest BCUT2D eigenvalue weighted by Gasteiger charge is -2.17. The highest BCUT2D eigenvalue weighted by Crippen LogP contribution is 2.24. The second-order valence-electron chi connectivity index (χ2n) is 3.49. The average Bonchev–Trinajstić information content (AvgIpc) is 2.35. The third-order valence-corrected chi connectivity index (χ3v) is 2.48. The Labute approximate surface area is 97.5 Å². The van der Waals surface area contributed by atoms with Crippen LogP contribution in [0.15, 0.2) is 36.8 Å². The summed E-state index contributed by atoms with van der Waals surface area (Å²) in [4.78, 5) is 7.78. The van der Waals surface area contributed by atoms with Crippen molar-refractivity contribution in [2.45, 2.75) is 6.04 Å². The first-order chi connectivity index (χ1) is 8.24. The van der Waals surface area contributed by atoms with Gasteiger partial charge in [0.25, 0.3) is 0 Å². The van der Waals surface area contributed by atoms with Crippen LogP contribution in [-0.2, 0) is 0 Å². The Morgan fingerprint density at radius 2 is 1.88 bits per heavy atom. The van der Waals surface area contributed by atoms with E-state index < -0.39 is 17.7 Å². The molecule has 0 aliphatic carbocycles. The molecular formula is C12H11F2N3. The minimum absolute atomic E-state index is 0.0336. The highest BCUT2D eigenvalue weighted by molar-refractivity contribution is 5.29. The van der Waals surface area contributed by atoms with E-state index in [1.165, 1.54) is 30.7 Å². The number of benzene rings is 1. The standard InChI is InChI=1S/C12H11F2N3/c1-15-12(10-5-6-16-7-17-10)11-8(13)3-2-4-9(11)14/h2-7,12,15H,1H3. The van der Waals surface area contributed by atoms with Crippen molar-refractivity contribution in [1.82, 2.24) is 15.3 Å². The van der Waals surface area contributed by atoms with E-state index in [2.05, 4.69) is 15.3 Å². The topological polar surface area (TPSA) is 37.8 Å². The van der Waals surface area contributed by atoms with Crippen molar-refractivity contribution in [2.24, 2.45) is 0 Å². The Balaban J connectivity index is 2.50. The molecule has 3 nitrogen and oxygen atoms in total. The summed E-state index contributed by atoms with van der Waals surface area (Å²) in [7, 11) is 1.62. The number of aromatic nitrogens is 2. The van der Waals surface area contributed by atoms with Gasteiger partial charge < -0.3 is 5.32 Å². The van der Waals surface area contributed by atoms with Crippen LogP contribution in [0.25, 0.3) is 0 Å². The number of hydrogen-bond acceptors (Lipinski definition) is 3. The molecular weight excluding hydrogens is 224 g/mol. The fourth-order valence-corrected chi connectivity index (χ4v) is 1.70. The molecule has 0 aliphatic heterocycles. The van der Waals surface area contributed by atoms with Crippen molar-refractivity contribution < 1.29 is 8.78 Å². The Morgan fingerprint density at radius 3 is 2.41 bits per heavy atom. The smallest absolute Gasteiger partial charge is 0.131 e. The molecule has 0 bridgehead atoms. The third-order valence-electron chi connectivity index (χ3n) is 2.48. The maximum Gasteiger partial charge on any atom is 0.131 e. The lowest BCUT2D eigenvalue weighted by Crippen LogP contribution is -2.21. The van der Waals surface area contributed by atoms with Crippen molar-refractivity contribution in [3.05, 3.63) is 59.7 Å². The summed E-state index contributed by atoms with van der Waals surface area (Å²) in [5.74, 6) is -1.19. The minimum Gasteiger partial charge on any atom is -0.308 e. The summed E-state index contributed by atoms with van der Waals surface area (Å²) in [6.45, 7) is 0. The Kier molecular flexibility index (Phi) is 3.39. The van der Waals surface area contributed by atoms with E-state index in [1.54, 1.807) is 13.1 Å². The largest absolute Gasteiger partial charge is 0.308 e. The molecule has 1 atom stereocenters. The van der Waals surface area contributed by atoms with Crippen LogP contribution in [0.4, 0.5) is 8.78 Å². The van der Waals surface area contributed by atoms with Gasteiger partial charge in [-0.25, -0.2) is 18.7 Å². The summed E-state index contributed by atoms with van der Waals surface area (Å²) >= 11 is 0. The summed E-state index contributed by atoms with van der Waals surface area (Å²) in [6.07, 6.45) is 2.88. The van der Waals surface area contributed by atoms with Gasteiger partial charge in [0.1, 0.15) is 18.0 Å². The summed E-state index contributed by atoms with van der Waals surface area (Å²) in [5, 5.41) is 2.85. The highest BCUT2D eigenvalue weighted by Gasteiger charge is 2.21. The Morgan fingerprint density at radius 1 is 1.18 bits per heavy atom. The van der Waals surface area contributed by atoms with Crippen molar-refractivity contribution in [3.8, 4) is 0 Å². The first kappa shape index (κ1) is 11.6. The van der Waals surface area contributed by atoms with Gasteiger partial charge in [-0.2, -0.15) is 0 Å². The third kappa shape index (κ3) is 2.29. The molecule has 0 amide bonds. The monoisotopic (exact) mass is 235 g/mol. The summed E-state index contributed by atoms with van der Waals surface area (Å²) in [5.41, 5.74) is 0.486. The second-order valence-corrected chi connectivity index (χ2v) is 3.49. The molecule has 1 unspecified atom stereocenters. The highest BCUT2D eigenvalue weighted by atomic mass is 19.1. The quantitative estimate of drug-likeness (QED) is 0.884. The molecule has 5 heteroatoms. The van der Waals surface area contributed by atoms with Crippen LogP contribution >= 0.6 is 0 Å². The SMILES string of the molecule is CNC(c1ccncn1)c1c(F)cccc1F. The van der Waals surface area contributed by atoms with Crippen LogP contribution in [0.1, 0.15) is 17.3 Å². The van der Waals surface area contributed by atoms with Crippen molar-refractivity contribution in [3.63, 3.8) is 0 Å². The summed E-state index contributed by atoms with van der Waals surface area (Å²) < 4.78 is 27.3. The molecule has 0 saturated carbocycles. The zero-order chi connectivity index (χ0) is 12.3. The maximum absolute atomic E-state index is 13.6. The van der Waals surface area contributed by atoms with Crippen molar-refractivity contribution in [2.75, 3.05) is 7.05 Å². The fraction of sp³-hybridized carbons (Fsp3) is 0.167.